The fourth-order valence-corrected chi connectivity index (χ4v) is 2.34. The van der Waals surface area contributed by atoms with Crippen molar-refractivity contribution in [3.63, 3.8) is 0 Å². The Balaban J connectivity index is 0.00000338. The van der Waals surface area contributed by atoms with E-state index in [1.807, 2.05) is 18.2 Å². The monoisotopic (exact) mass is 471 g/mol. The molecule has 0 unspecified atom stereocenters. The number of rotatable bonds is 7. The van der Waals surface area contributed by atoms with Crippen LogP contribution in [0.4, 0.5) is 5.69 Å². The quantitative estimate of drug-likeness (QED) is 0.367. The summed E-state index contributed by atoms with van der Waals surface area (Å²) in [6.45, 7) is 1.29. The molecule has 0 bridgehead atoms. The van der Waals surface area contributed by atoms with E-state index in [-0.39, 0.29) is 24.0 Å². The van der Waals surface area contributed by atoms with Crippen molar-refractivity contribution in [2.75, 3.05) is 33.7 Å². The number of anilines is 1. The van der Waals surface area contributed by atoms with Crippen LogP contribution in [0.3, 0.4) is 0 Å². The topological polar surface area (TPSA) is 64.1 Å². The molecule has 7 heteroatoms. The lowest BCUT2D eigenvalue weighted by Crippen LogP contribution is -2.30. The Bertz CT molecular complexity index is 706. The van der Waals surface area contributed by atoms with Crippen LogP contribution in [0.5, 0.6) is 11.5 Å². The highest BCUT2D eigenvalue weighted by molar-refractivity contribution is 14.0. The van der Waals surface area contributed by atoms with Crippen molar-refractivity contribution in [3.05, 3.63) is 53.6 Å². The molecule has 0 spiro atoms. The minimum absolute atomic E-state index is 0. The van der Waals surface area contributed by atoms with Gasteiger partial charge in [0.05, 0.1) is 20.8 Å². The van der Waals surface area contributed by atoms with E-state index in [1.54, 1.807) is 28.4 Å². The van der Waals surface area contributed by atoms with Gasteiger partial charge in [-0.2, -0.15) is 0 Å². The Labute approximate surface area is 172 Å². The second-order valence-electron chi connectivity index (χ2n) is 5.37. The number of hydrogen-bond acceptors (Lipinski definition) is 4. The second-order valence-corrected chi connectivity index (χ2v) is 5.37. The molecule has 0 saturated carbocycles. The van der Waals surface area contributed by atoms with Crippen molar-refractivity contribution in [2.45, 2.75) is 13.2 Å². The van der Waals surface area contributed by atoms with E-state index in [0.717, 1.165) is 16.8 Å². The molecule has 2 aromatic rings. The smallest absolute Gasteiger partial charge is 0.195 e. The number of aliphatic imine (C=N–C) groups is 1. The highest BCUT2D eigenvalue weighted by Gasteiger charge is 2.06. The van der Waals surface area contributed by atoms with Gasteiger partial charge >= 0.3 is 0 Å². The van der Waals surface area contributed by atoms with E-state index >= 15 is 0 Å². The van der Waals surface area contributed by atoms with Crippen molar-refractivity contribution in [1.82, 2.24) is 5.32 Å². The first-order valence-electron chi connectivity index (χ1n) is 7.96. The standard InChI is InChI=1S/C19H25N3O3.HI/c1-20-19(21-12-14-5-7-15(8-6-14)13-23-2)22-16-9-10-17(24-3)18(11-16)25-4;/h5-11H,12-13H2,1-4H3,(H2,20,21,22);1H. The van der Waals surface area contributed by atoms with Crippen LogP contribution in [-0.2, 0) is 17.9 Å². The maximum Gasteiger partial charge on any atom is 0.195 e. The maximum atomic E-state index is 5.32. The van der Waals surface area contributed by atoms with E-state index < -0.39 is 0 Å². The number of halogens is 1. The lowest BCUT2D eigenvalue weighted by molar-refractivity contribution is 0.185. The number of guanidine groups is 1. The molecule has 0 radical (unpaired) electrons. The first-order chi connectivity index (χ1) is 12.2. The lowest BCUT2D eigenvalue weighted by Gasteiger charge is -2.14. The summed E-state index contributed by atoms with van der Waals surface area (Å²) in [5, 5.41) is 6.53. The zero-order valence-electron chi connectivity index (χ0n) is 15.5. The van der Waals surface area contributed by atoms with Gasteiger partial charge in [-0.25, -0.2) is 0 Å². The SMILES string of the molecule is CN=C(NCc1ccc(COC)cc1)Nc1ccc(OC)c(OC)c1.I. The van der Waals surface area contributed by atoms with E-state index in [1.165, 1.54) is 0 Å². The molecule has 0 heterocycles. The number of hydrogen-bond donors (Lipinski definition) is 2. The largest absolute Gasteiger partial charge is 0.493 e. The third-order valence-corrected chi connectivity index (χ3v) is 3.66. The molecule has 0 amide bonds. The minimum Gasteiger partial charge on any atom is -0.493 e. The zero-order chi connectivity index (χ0) is 18.1. The molecular formula is C19H26IN3O3. The van der Waals surface area contributed by atoms with Crippen LogP contribution in [0.1, 0.15) is 11.1 Å². The van der Waals surface area contributed by atoms with Gasteiger partial charge < -0.3 is 24.8 Å². The van der Waals surface area contributed by atoms with E-state index in [2.05, 4.69) is 39.9 Å². The molecule has 2 N–H and O–H groups in total. The normalized spacial score (nSPS) is 10.7. The fraction of sp³-hybridized carbons (Fsp3) is 0.316. The third kappa shape index (κ3) is 6.38. The first kappa shape index (κ1) is 22.0. The van der Waals surface area contributed by atoms with Crippen LogP contribution >= 0.6 is 24.0 Å². The molecule has 0 aliphatic rings. The average molecular weight is 471 g/mol. The summed E-state index contributed by atoms with van der Waals surface area (Å²) in [4.78, 5) is 4.25. The Morgan fingerprint density at radius 1 is 0.923 bits per heavy atom. The Morgan fingerprint density at radius 2 is 1.58 bits per heavy atom. The van der Waals surface area contributed by atoms with Crippen molar-refractivity contribution in [3.8, 4) is 11.5 Å². The highest BCUT2D eigenvalue weighted by Crippen LogP contribution is 2.29. The van der Waals surface area contributed by atoms with Crippen molar-refractivity contribution >= 4 is 35.6 Å². The number of benzene rings is 2. The van der Waals surface area contributed by atoms with Gasteiger partial charge in [0.25, 0.3) is 0 Å². The van der Waals surface area contributed by atoms with Gasteiger partial charge in [-0.15, -0.1) is 24.0 Å². The molecule has 26 heavy (non-hydrogen) atoms. The maximum absolute atomic E-state index is 5.32. The molecule has 6 nitrogen and oxygen atoms in total. The molecule has 0 aliphatic heterocycles. The first-order valence-corrected chi connectivity index (χ1v) is 7.96. The second kappa shape index (κ2) is 11.6. The summed E-state index contributed by atoms with van der Waals surface area (Å²) >= 11 is 0. The van der Waals surface area contributed by atoms with Crippen LogP contribution in [0.15, 0.2) is 47.5 Å². The summed E-state index contributed by atoms with van der Waals surface area (Å²) in [5.74, 6) is 2.03. The predicted molar refractivity (Wildman–Crippen MR) is 116 cm³/mol. The molecule has 2 rings (SSSR count). The number of methoxy groups -OCH3 is 3. The Hall–Kier alpha value is -2.00. The summed E-state index contributed by atoms with van der Waals surface area (Å²) in [6.07, 6.45) is 0. The molecule has 0 aliphatic carbocycles. The van der Waals surface area contributed by atoms with Crippen molar-refractivity contribution in [2.24, 2.45) is 4.99 Å². The van der Waals surface area contributed by atoms with Crippen LogP contribution in [0.25, 0.3) is 0 Å². The predicted octanol–water partition coefficient (Wildman–Crippen LogP) is 3.66. The van der Waals surface area contributed by atoms with Gasteiger partial charge in [0.15, 0.2) is 17.5 Å². The number of nitrogens with zero attached hydrogens (tertiary/aromatic N) is 1. The third-order valence-electron chi connectivity index (χ3n) is 3.66. The van der Waals surface area contributed by atoms with Crippen molar-refractivity contribution < 1.29 is 14.2 Å². The van der Waals surface area contributed by atoms with Crippen molar-refractivity contribution in [1.29, 1.82) is 0 Å². The number of ether oxygens (including phenoxy) is 3. The molecule has 0 aromatic heterocycles. The van der Waals surface area contributed by atoms with E-state index in [4.69, 9.17) is 14.2 Å². The van der Waals surface area contributed by atoms with Gasteiger partial charge in [0.1, 0.15) is 0 Å². The molecular weight excluding hydrogens is 445 g/mol. The van der Waals surface area contributed by atoms with Gasteiger partial charge in [0.2, 0.25) is 0 Å². The average Bonchev–Trinajstić information content (AvgIpc) is 2.66. The van der Waals surface area contributed by atoms with E-state index in [9.17, 15) is 0 Å². The fourth-order valence-electron chi connectivity index (χ4n) is 2.34. The van der Waals surface area contributed by atoms with Crippen LogP contribution in [0, 0.1) is 0 Å². The molecule has 0 atom stereocenters. The van der Waals surface area contributed by atoms with Crippen LogP contribution < -0.4 is 20.1 Å². The summed E-state index contributed by atoms with van der Waals surface area (Å²) in [5.41, 5.74) is 3.18. The molecule has 142 valence electrons. The van der Waals surface area contributed by atoms with Gasteiger partial charge in [-0.1, -0.05) is 24.3 Å². The Morgan fingerprint density at radius 3 is 2.15 bits per heavy atom. The Kier molecular flexibility index (Phi) is 9.82. The van der Waals surface area contributed by atoms with Gasteiger partial charge in [-0.05, 0) is 23.3 Å². The molecule has 2 aromatic carbocycles. The van der Waals surface area contributed by atoms with Gasteiger partial charge in [0, 0.05) is 32.5 Å². The van der Waals surface area contributed by atoms with Gasteiger partial charge in [-0.3, -0.25) is 4.99 Å². The van der Waals surface area contributed by atoms with E-state index in [0.29, 0.717) is 30.6 Å². The highest BCUT2D eigenvalue weighted by atomic mass is 127. The molecule has 0 fully saturated rings. The zero-order valence-corrected chi connectivity index (χ0v) is 17.9. The summed E-state index contributed by atoms with van der Waals surface area (Å²) in [6, 6.07) is 13.9. The lowest BCUT2D eigenvalue weighted by atomic mass is 10.1. The van der Waals surface area contributed by atoms with Crippen LogP contribution in [-0.4, -0.2) is 34.3 Å². The summed E-state index contributed by atoms with van der Waals surface area (Å²) < 4.78 is 15.7. The molecule has 0 saturated heterocycles. The number of nitrogens with one attached hydrogen (secondary N) is 2. The minimum atomic E-state index is 0. The van der Waals surface area contributed by atoms with Crippen LogP contribution in [0.2, 0.25) is 0 Å². The summed E-state index contributed by atoms with van der Waals surface area (Å²) in [7, 11) is 6.66.